The van der Waals surface area contributed by atoms with E-state index in [1.165, 1.54) is 22.5 Å². The molecule has 2 rings (SSSR count). The molecule has 1 aromatic rings. The number of hydrogen-bond donors (Lipinski definition) is 2. The molecule has 0 aliphatic carbocycles. The molecule has 3 heteroatoms. The number of aliphatic hydroxyl groups excluding tert-OH is 1. The van der Waals surface area contributed by atoms with Crippen molar-refractivity contribution in [3.8, 4) is 0 Å². The molecule has 1 aliphatic heterocycles. The second kappa shape index (κ2) is 3.99. The number of likely N-dealkylation sites (tertiary alicyclic amines) is 1. The highest BCUT2D eigenvalue weighted by Crippen LogP contribution is 2.21. The van der Waals surface area contributed by atoms with Gasteiger partial charge in [-0.2, -0.15) is 0 Å². The first-order valence-electron chi connectivity index (χ1n) is 5.63. The van der Waals surface area contributed by atoms with Crippen LogP contribution < -0.4 is 0 Å². The number of H-pyrrole nitrogens is 1. The summed E-state index contributed by atoms with van der Waals surface area (Å²) in [6, 6.07) is 0. The number of aromatic amines is 1. The minimum Gasteiger partial charge on any atom is -0.392 e. The summed E-state index contributed by atoms with van der Waals surface area (Å²) >= 11 is 0. The molecule has 1 atom stereocenters. The summed E-state index contributed by atoms with van der Waals surface area (Å²) < 4.78 is 0. The van der Waals surface area contributed by atoms with E-state index in [0.717, 1.165) is 26.1 Å². The molecule has 84 valence electrons. The topological polar surface area (TPSA) is 39.3 Å². The Hall–Kier alpha value is -0.800. The summed E-state index contributed by atoms with van der Waals surface area (Å²) in [6.45, 7) is 9.22. The van der Waals surface area contributed by atoms with Gasteiger partial charge in [0, 0.05) is 31.0 Å². The normalized spacial score (nSPS) is 22.5. The second-order valence-electron chi connectivity index (χ2n) is 4.66. The van der Waals surface area contributed by atoms with Gasteiger partial charge in [-0.15, -0.1) is 0 Å². The molecule has 0 unspecified atom stereocenters. The Kier molecular flexibility index (Phi) is 2.85. The van der Waals surface area contributed by atoms with E-state index in [9.17, 15) is 5.11 Å². The van der Waals surface area contributed by atoms with Gasteiger partial charge < -0.3 is 10.1 Å². The lowest BCUT2D eigenvalue weighted by atomic mass is 10.1. The van der Waals surface area contributed by atoms with Gasteiger partial charge in [-0.1, -0.05) is 0 Å². The van der Waals surface area contributed by atoms with Gasteiger partial charge in [0.1, 0.15) is 0 Å². The zero-order valence-electron chi connectivity index (χ0n) is 9.80. The Labute approximate surface area is 91.1 Å². The van der Waals surface area contributed by atoms with Crippen LogP contribution in [0.1, 0.15) is 28.9 Å². The van der Waals surface area contributed by atoms with Crippen LogP contribution in [-0.4, -0.2) is 34.2 Å². The molecule has 0 amide bonds. The number of nitrogens with one attached hydrogen (secondary N) is 1. The third-order valence-electron chi connectivity index (χ3n) is 3.47. The highest BCUT2D eigenvalue weighted by Gasteiger charge is 2.21. The first kappa shape index (κ1) is 10.7. The quantitative estimate of drug-likeness (QED) is 0.773. The van der Waals surface area contributed by atoms with Crippen molar-refractivity contribution in [2.45, 2.75) is 39.8 Å². The summed E-state index contributed by atoms with van der Waals surface area (Å²) in [5.41, 5.74) is 5.31. The van der Waals surface area contributed by atoms with Gasteiger partial charge in [-0.05, 0) is 38.3 Å². The van der Waals surface area contributed by atoms with E-state index < -0.39 is 0 Å². The molecule has 1 aromatic heterocycles. The summed E-state index contributed by atoms with van der Waals surface area (Å²) in [7, 11) is 0. The fourth-order valence-electron chi connectivity index (χ4n) is 2.37. The van der Waals surface area contributed by atoms with Gasteiger partial charge in [0.05, 0.1) is 6.10 Å². The molecule has 0 radical (unpaired) electrons. The Morgan fingerprint density at radius 1 is 1.33 bits per heavy atom. The maximum atomic E-state index is 9.47. The van der Waals surface area contributed by atoms with Gasteiger partial charge in [-0.3, -0.25) is 4.90 Å². The average molecular weight is 208 g/mol. The molecular formula is C12H20N2O. The van der Waals surface area contributed by atoms with E-state index in [1.807, 2.05) is 0 Å². The third-order valence-corrected chi connectivity index (χ3v) is 3.47. The van der Waals surface area contributed by atoms with Gasteiger partial charge >= 0.3 is 0 Å². The molecule has 3 nitrogen and oxygen atoms in total. The van der Waals surface area contributed by atoms with Gasteiger partial charge in [0.15, 0.2) is 0 Å². The van der Waals surface area contributed by atoms with Crippen LogP contribution in [0.5, 0.6) is 0 Å². The molecule has 1 aliphatic rings. The zero-order valence-corrected chi connectivity index (χ0v) is 9.80. The average Bonchev–Trinajstić information content (AvgIpc) is 2.67. The smallest absolute Gasteiger partial charge is 0.0679 e. The van der Waals surface area contributed by atoms with E-state index in [1.54, 1.807) is 0 Å². The van der Waals surface area contributed by atoms with Crippen molar-refractivity contribution >= 4 is 0 Å². The molecule has 2 heterocycles. The fourth-order valence-corrected chi connectivity index (χ4v) is 2.37. The van der Waals surface area contributed by atoms with E-state index in [2.05, 4.69) is 30.7 Å². The van der Waals surface area contributed by atoms with Gasteiger partial charge in [0.2, 0.25) is 0 Å². The monoisotopic (exact) mass is 208 g/mol. The number of aryl methyl sites for hydroxylation is 2. The van der Waals surface area contributed by atoms with Crippen molar-refractivity contribution in [3.05, 3.63) is 22.5 Å². The molecular weight excluding hydrogens is 188 g/mol. The van der Waals surface area contributed by atoms with Crippen molar-refractivity contribution < 1.29 is 5.11 Å². The lowest BCUT2D eigenvalue weighted by Gasteiger charge is -2.15. The van der Waals surface area contributed by atoms with Crippen LogP contribution >= 0.6 is 0 Å². The maximum absolute atomic E-state index is 9.47. The van der Waals surface area contributed by atoms with Crippen molar-refractivity contribution in [1.82, 2.24) is 9.88 Å². The maximum Gasteiger partial charge on any atom is 0.0679 e. The van der Waals surface area contributed by atoms with Crippen LogP contribution in [0.2, 0.25) is 0 Å². The number of β-amino-alcohol motifs (C(OH)–C–C–N with tert-alkyl or cyclic N) is 1. The minimum absolute atomic E-state index is 0.120. The van der Waals surface area contributed by atoms with Crippen LogP contribution in [0.25, 0.3) is 0 Å². The fraction of sp³-hybridized carbons (Fsp3) is 0.667. The van der Waals surface area contributed by atoms with Gasteiger partial charge in [-0.25, -0.2) is 0 Å². The van der Waals surface area contributed by atoms with E-state index in [4.69, 9.17) is 0 Å². The van der Waals surface area contributed by atoms with Crippen molar-refractivity contribution in [1.29, 1.82) is 0 Å². The predicted octanol–water partition coefficient (Wildman–Crippen LogP) is 1.51. The zero-order chi connectivity index (χ0) is 11.0. The molecule has 0 bridgehead atoms. The highest BCUT2D eigenvalue weighted by molar-refractivity contribution is 5.34. The van der Waals surface area contributed by atoms with Crippen LogP contribution in [-0.2, 0) is 6.54 Å². The third kappa shape index (κ3) is 2.08. The predicted molar refractivity (Wildman–Crippen MR) is 60.9 cm³/mol. The lowest BCUT2D eigenvalue weighted by molar-refractivity contribution is 0.174. The van der Waals surface area contributed by atoms with Crippen LogP contribution in [0.4, 0.5) is 0 Å². The number of aromatic nitrogens is 1. The van der Waals surface area contributed by atoms with Gasteiger partial charge in [0.25, 0.3) is 0 Å². The highest BCUT2D eigenvalue weighted by atomic mass is 16.3. The van der Waals surface area contributed by atoms with Crippen LogP contribution in [0.3, 0.4) is 0 Å². The van der Waals surface area contributed by atoms with E-state index >= 15 is 0 Å². The number of rotatable bonds is 2. The Bertz CT molecular complexity index is 357. The minimum atomic E-state index is -0.120. The number of hydrogen-bond acceptors (Lipinski definition) is 2. The SMILES string of the molecule is Cc1[nH]c(C)c(CN2CC[C@@H](O)C2)c1C. The first-order valence-corrected chi connectivity index (χ1v) is 5.63. The summed E-state index contributed by atoms with van der Waals surface area (Å²) in [6.07, 6.45) is 0.798. The Morgan fingerprint density at radius 2 is 2.07 bits per heavy atom. The molecule has 1 saturated heterocycles. The Morgan fingerprint density at radius 3 is 2.53 bits per heavy atom. The number of nitrogens with zero attached hydrogens (tertiary/aromatic N) is 1. The first-order chi connectivity index (χ1) is 7.08. The second-order valence-corrected chi connectivity index (χ2v) is 4.66. The number of aliphatic hydroxyl groups is 1. The largest absolute Gasteiger partial charge is 0.392 e. The standard InChI is InChI=1S/C12H20N2O/c1-8-9(2)13-10(3)12(8)7-14-5-4-11(15)6-14/h11,13,15H,4-7H2,1-3H3/t11-/m1/s1. The van der Waals surface area contributed by atoms with E-state index in [0.29, 0.717) is 0 Å². The summed E-state index contributed by atoms with van der Waals surface area (Å²) in [5.74, 6) is 0. The van der Waals surface area contributed by atoms with E-state index in [-0.39, 0.29) is 6.10 Å². The van der Waals surface area contributed by atoms with Crippen molar-refractivity contribution in [2.24, 2.45) is 0 Å². The van der Waals surface area contributed by atoms with Crippen LogP contribution in [0, 0.1) is 20.8 Å². The molecule has 0 aromatic carbocycles. The molecule has 2 N–H and O–H groups in total. The molecule has 15 heavy (non-hydrogen) atoms. The molecule has 1 fully saturated rings. The summed E-state index contributed by atoms with van der Waals surface area (Å²) in [4.78, 5) is 5.70. The van der Waals surface area contributed by atoms with Crippen molar-refractivity contribution in [2.75, 3.05) is 13.1 Å². The lowest BCUT2D eigenvalue weighted by Crippen LogP contribution is -2.22. The molecule has 0 saturated carbocycles. The van der Waals surface area contributed by atoms with Crippen molar-refractivity contribution in [3.63, 3.8) is 0 Å². The van der Waals surface area contributed by atoms with Crippen LogP contribution in [0.15, 0.2) is 0 Å². The summed E-state index contributed by atoms with van der Waals surface area (Å²) in [5, 5.41) is 9.47. The Balaban J connectivity index is 2.10. The molecule has 0 spiro atoms.